The molecule has 0 aliphatic carbocycles. The Bertz CT molecular complexity index is 1050. The number of nitrogens with one attached hydrogen (secondary N) is 1. The lowest BCUT2D eigenvalue weighted by atomic mass is 10.1. The van der Waals surface area contributed by atoms with E-state index in [0.717, 1.165) is 22.9 Å². The highest BCUT2D eigenvalue weighted by molar-refractivity contribution is 8.04. The second-order valence-corrected chi connectivity index (χ2v) is 8.88. The molecule has 0 radical (unpaired) electrons. The largest absolute Gasteiger partial charge is 0.392 e. The predicted molar refractivity (Wildman–Crippen MR) is 102 cm³/mol. The smallest absolute Gasteiger partial charge is 0.335 e. The molecule has 2 aromatic carbocycles. The van der Waals surface area contributed by atoms with Crippen LogP contribution < -0.4 is 0 Å². The van der Waals surface area contributed by atoms with E-state index in [2.05, 4.69) is 21.8 Å². The summed E-state index contributed by atoms with van der Waals surface area (Å²) in [7, 11) is -4.11. The molecule has 0 saturated heterocycles. The first-order chi connectivity index (χ1) is 12.3. The number of imidazole rings is 1. The Morgan fingerprint density at radius 2 is 1.92 bits per heavy atom. The van der Waals surface area contributed by atoms with Crippen LogP contribution >= 0.6 is 31.0 Å². The number of fused-ring (bicyclic) bond motifs is 1. The standard InChI is InChI=1S/C17H14ClN2O4PS/c18-14-8-16-15(19-17(20-16)26-10-25(22,23)24)7-13(14)6-5-11-1-3-12(9-21)4-2-11/h1-4,7-8,21H,9-10H2,(H,19,20)(H2,22,23,24). The second kappa shape index (κ2) is 7.85. The fraction of sp³-hybridized carbons (Fsp3) is 0.118. The Hall–Kier alpha value is -1.78. The molecule has 3 rings (SSSR count). The first-order valence-electron chi connectivity index (χ1n) is 7.42. The van der Waals surface area contributed by atoms with Crippen LogP contribution in [-0.4, -0.2) is 30.4 Å². The Kier molecular flexibility index (Phi) is 5.73. The molecule has 0 atom stereocenters. The van der Waals surface area contributed by atoms with E-state index in [1.54, 1.807) is 24.3 Å². The van der Waals surface area contributed by atoms with E-state index in [4.69, 9.17) is 26.5 Å². The molecule has 0 unspecified atom stereocenters. The highest BCUT2D eigenvalue weighted by Crippen LogP contribution is 2.40. The zero-order valence-electron chi connectivity index (χ0n) is 13.3. The summed E-state index contributed by atoms with van der Waals surface area (Å²) in [6.07, 6.45) is 0. The minimum atomic E-state index is -4.11. The van der Waals surface area contributed by atoms with Gasteiger partial charge in [0.15, 0.2) is 5.16 Å². The number of hydrogen-bond acceptors (Lipinski definition) is 4. The summed E-state index contributed by atoms with van der Waals surface area (Å²) in [5.41, 5.74) is 3.13. The van der Waals surface area contributed by atoms with Crippen molar-refractivity contribution in [2.24, 2.45) is 0 Å². The first-order valence-corrected chi connectivity index (χ1v) is 10.6. The quantitative estimate of drug-likeness (QED) is 0.300. The molecular formula is C17H14ClN2O4PS. The molecule has 1 aromatic heterocycles. The van der Waals surface area contributed by atoms with Crippen molar-refractivity contribution in [3.05, 3.63) is 58.1 Å². The van der Waals surface area contributed by atoms with Gasteiger partial charge in [-0.2, -0.15) is 0 Å². The molecule has 0 fully saturated rings. The SMILES string of the molecule is O=P(O)(O)CSc1nc2cc(C#Cc3ccc(CO)cc3)c(Cl)cc2[nH]1. The molecule has 0 bridgehead atoms. The maximum Gasteiger partial charge on any atom is 0.335 e. The van der Waals surface area contributed by atoms with Crippen molar-refractivity contribution >= 4 is 42.0 Å². The third-order valence-electron chi connectivity index (χ3n) is 3.40. The van der Waals surface area contributed by atoms with E-state index in [-0.39, 0.29) is 12.1 Å². The van der Waals surface area contributed by atoms with Crippen LogP contribution in [0.4, 0.5) is 0 Å². The van der Waals surface area contributed by atoms with Crippen LogP contribution in [-0.2, 0) is 11.2 Å². The number of H-pyrrole nitrogens is 1. The summed E-state index contributed by atoms with van der Waals surface area (Å²) >= 11 is 7.21. The third-order valence-corrected chi connectivity index (χ3v) is 6.04. The Morgan fingerprint density at radius 1 is 1.19 bits per heavy atom. The van der Waals surface area contributed by atoms with Crippen LogP contribution in [0.2, 0.25) is 5.02 Å². The van der Waals surface area contributed by atoms with Gasteiger partial charge < -0.3 is 19.9 Å². The van der Waals surface area contributed by atoms with Gasteiger partial charge >= 0.3 is 7.60 Å². The van der Waals surface area contributed by atoms with E-state index >= 15 is 0 Å². The van der Waals surface area contributed by atoms with Crippen LogP contribution in [0.3, 0.4) is 0 Å². The second-order valence-electron chi connectivity index (χ2n) is 5.43. The lowest BCUT2D eigenvalue weighted by Gasteiger charge is -1.99. The zero-order valence-corrected chi connectivity index (χ0v) is 15.8. The van der Waals surface area contributed by atoms with Gasteiger partial charge in [0.25, 0.3) is 0 Å². The summed E-state index contributed by atoms with van der Waals surface area (Å²) in [4.78, 5) is 25.2. The number of nitrogens with zero attached hydrogens (tertiary/aromatic N) is 1. The zero-order chi connectivity index (χ0) is 18.7. The van der Waals surface area contributed by atoms with Crippen LogP contribution in [0.15, 0.2) is 41.6 Å². The van der Waals surface area contributed by atoms with Gasteiger partial charge in [-0.15, -0.1) is 0 Å². The summed E-state index contributed by atoms with van der Waals surface area (Å²) in [6, 6.07) is 10.6. The lowest BCUT2D eigenvalue weighted by Crippen LogP contribution is -1.83. The van der Waals surface area contributed by atoms with Crippen molar-refractivity contribution in [2.75, 3.05) is 5.49 Å². The molecule has 3 aromatic rings. The maximum atomic E-state index is 11.0. The highest BCUT2D eigenvalue weighted by atomic mass is 35.5. The molecule has 134 valence electrons. The number of benzene rings is 2. The number of halogens is 1. The van der Waals surface area contributed by atoms with Gasteiger partial charge in [0.2, 0.25) is 0 Å². The Labute approximate surface area is 158 Å². The van der Waals surface area contributed by atoms with Crippen molar-refractivity contribution in [3.63, 3.8) is 0 Å². The molecule has 6 nitrogen and oxygen atoms in total. The van der Waals surface area contributed by atoms with Crippen molar-refractivity contribution < 1.29 is 19.5 Å². The number of aromatic nitrogens is 2. The van der Waals surface area contributed by atoms with Crippen LogP contribution in [0.5, 0.6) is 0 Å². The average Bonchev–Trinajstić information content (AvgIpc) is 2.99. The van der Waals surface area contributed by atoms with Crippen molar-refractivity contribution in [1.29, 1.82) is 0 Å². The molecule has 9 heteroatoms. The van der Waals surface area contributed by atoms with Gasteiger partial charge in [0.1, 0.15) is 5.49 Å². The molecular weight excluding hydrogens is 395 g/mol. The van der Waals surface area contributed by atoms with Gasteiger partial charge in [-0.25, -0.2) is 4.98 Å². The van der Waals surface area contributed by atoms with Crippen molar-refractivity contribution in [2.45, 2.75) is 11.8 Å². The minimum absolute atomic E-state index is 0.0161. The summed E-state index contributed by atoms with van der Waals surface area (Å²) in [6.45, 7) is -0.0161. The van der Waals surface area contributed by atoms with Gasteiger partial charge in [-0.3, -0.25) is 4.57 Å². The summed E-state index contributed by atoms with van der Waals surface area (Å²) < 4.78 is 11.0. The molecule has 0 aliphatic rings. The summed E-state index contributed by atoms with van der Waals surface area (Å²) in [5, 5.41) is 9.91. The van der Waals surface area contributed by atoms with Crippen molar-refractivity contribution in [1.82, 2.24) is 9.97 Å². The van der Waals surface area contributed by atoms with E-state index in [0.29, 0.717) is 26.8 Å². The fourth-order valence-corrected chi connectivity index (χ4v) is 3.87. The van der Waals surface area contributed by atoms with Crippen LogP contribution in [0, 0.1) is 11.8 Å². The number of thioether (sulfide) groups is 1. The monoisotopic (exact) mass is 408 g/mol. The number of aliphatic hydroxyl groups is 1. The topological polar surface area (TPSA) is 106 Å². The van der Waals surface area contributed by atoms with Gasteiger partial charge in [0, 0.05) is 11.1 Å². The minimum Gasteiger partial charge on any atom is -0.392 e. The normalized spacial score (nSPS) is 11.4. The maximum absolute atomic E-state index is 11.0. The molecule has 0 aliphatic heterocycles. The van der Waals surface area contributed by atoms with Crippen LogP contribution in [0.25, 0.3) is 11.0 Å². The Balaban J connectivity index is 1.86. The molecule has 0 amide bonds. The lowest BCUT2D eigenvalue weighted by molar-refractivity contribution is 0.282. The Morgan fingerprint density at radius 3 is 2.58 bits per heavy atom. The fourth-order valence-electron chi connectivity index (χ4n) is 2.15. The molecule has 0 spiro atoms. The number of hydrogen-bond donors (Lipinski definition) is 4. The highest BCUT2D eigenvalue weighted by Gasteiger charge is 2.15. The van der Waals surface area contributed by atoms with Gasteiger partial charge in [0.05, 0.1) is 22.7 Å². The number of aliphatic hydroxyl groups excluding tert-OH is 1. The molecule has 0 saturated carbocycles. The van der Waals surface area contributed by atoms with Gasteiger partial charge in [-0.05, 0) is 29.8 Å². The third kappa shape index (κ3) is 4.89. The molecule has 1 heterocycles. The molecule has 4 N–H and O–H groups in total. The summed E-state index contributed by atoms with van der Waals surface area (Å²) in [5.74, 6) is 6.00. The van der Waals surface area contributed by atoms with E-state index in [1.165, 1.54) is 0 Å². The van der Waals surface area contributed by atoms with Crippen molar-refractivity contribution in [3.8, 4) is 11.8 Å². The predicted octanol–water partition coefficient (Wildman–Crippen LogP) is 3.34. The van der Waals surface area contributed by atoms with E-state index in [1.807, 2.05) is 12.1 Å². The van der Waals surface area contributed by atoms with Crippen LogP contribution in [0.1, 0.15) is 16.7 Å². The number of aromatic amines is 1. The molecule has 26 heavy (non-hydrogen) atoms. The van der Waals surface area contributed by atoms with Gasteiger partial charge in [-0.1, -0.05) is 47.3 Å². The first kappa shape index (κ1) is 19.0. The average molecular weight is 409 g/mol. The number of rotatable bonds is 4. The van der Waals surface area contributed by atoms with E-state index < -0.39 is 7.60 Å². The van der Waals surface area contributed by atoms with E-state index in [9.17, 15) is 4.57 Å².